The van der Waals surface area contributed by atoms with Gasteiger partial charge in [0.25, 0.3) is 0 Å². The molecular weight excluding hydrogens is 681 g/mol. The van der Waals surface area contributed by atoms with Gasteiger partial charge < -0.3 is 9.88 Å². The minimum atomic E-state index is -0.0817. The molecule has 0 spiro atoms. The number of rotatable bonds is 3. The second kappa shape index (κ2) is 12.0. The molecule has 0 saturated carbocycles. The Labute approximate surface area is 323 Å². The summed E-state index contributed by atoms with van der Waals surface area (Å²) in [4.78, 5) is 5.38. The highest BCUT2D eigenvalue weighted by Gasteiger charge is 2.27. The van der Waals surface area contributed by atoms with Crippen LogP contribution in [0.3, 0.4) is 0 Å². The molecule has 1 unspecified atom stereocenters. The Balaban J connectivity index is 1.09. The van der Waals surface area contributed by atoms with Crippen molar-refractivity contribution in [3.63, 3.8) is 0 Å². The van der Waals surface area contributed by atoms with E-state index in [4.69, 9.17) is 4.99 Å². The summed E-state index contributed by atoms with van der Waals surface area (Å²) >= 11 is 0. The van der Waals surface area contributed by atoms with E-state index in [1.54, 1.807) is 0 Å². The summed E-state index contributed by atoms with van der Waals surface area (Å²) < 4.78 is 4.74. The Kier molecular flexibility index (Phi) is 6.66. The standard InChI is InChI=1S/C52H34N4/c1-2-16-40(17-3-1)55-47-21-11-9-18-41(47)42-26-24-37(31-48(42)55)38-25-27-43-45-29-35-14-6-7-15-36(35)30-50(45)56(49(43)32-38)52-53-46-20-10-8-19-44(46)51(54-52)39-23-22-33-12-4-5-13-34(33)28-39/h1-32,51H,(H,53,54). The molecule has 262 valence electrons. The lowest BCUT2D eigenvalue weighted by Gasteiger charge is -2.28. The smallest absolute Gasteiger partial charge is 0.209 e. The van der Waals surface area contributed by atoms with Crippen LogP contribution in [0.5, 0.6) is 0 Å². The van der Waals surface area contributed by atoms with Crippen molar-refractivity contribution in [3.8, 4) is 16.8 Å². The maximum Gasteiger partial charge on any atom is 0.209 e. The number of hydrogen-bond donors (Lipinski definition) is 1. The predicted molar refractivity (Wildman–Crippen MR) is 235 cm³/mol. The Morgan fingerprint density at radius 3 is 1.79 bits per heavy atom. The Hall–Kier alpha value is -7.43. The highest BCUT2D eigenvalue weighted by Crippen LogP contribution is 2.40. The summed E-state index contributed by atoms with van der Waals surface area (Å²) in [6, 6.07) is 70.4. The van der Waals surface area contributed by atoms with E-state index >= 15 is 0 Å². The Morgan fingerprint density at radius 2 is 0.982 bits per heavy atom. The van der Waals surface area contributed by atoms with Gasteiger partial charge in [0.15, 0.2) is 0 Å². The summed E-state index contributed by atoms with van der Waals surface area (Å²) in [5.41, 5.74) is 11.5. The molecule has 1 aliphatic heterocycles. The molecule has 0 bridgehead atoms. The fourth-order valence-corrected chi connectivity index (χ4v) is 9.07. The van der Waals surface area contributed by atoms with Crippen LogP contribution in [0, 0.1) is 0 Å². The van der Waals surface area contributed by atoms with E-state index in [9.17, 15) is 0 Å². The van der Waals surface area contributed by atoms with Gasteiger partial charge in [-0.1, -0.05) is 140 Å². The molecule has 4 heteroatoms. The van der Waals surface area contributed by atoms with Crippen molar-refractivity contribution in [1.82, 2.24) is 14.5 Å². The van der Waals surface area contributed by atoms with Gasteiger partial charge in [0.05, 0.1) is 33.8 Å². The molecule has 56 heavy (non-hydrogen) atoms. The van der Waals surface area contributed by atoms with Crippen LogP contribution in [0.4, 0.5) is 5.69 Å². The van der Waals surface area contributed by atoms with Crippen molar-refractivity contribution >= 4 is 76.8 Å². The molecule has 1 aliphatic rings. The summed E-state index contributed by atoms with van der Waals surface area (Å²) in [6.45, 7) is 0. The van der Waals surface area contributed by atoms with Crippen LogP contribution in [-0.2, 0) is 0 Å². The molecule has 1 atom stereocenters. The van der Waals surface area contributed by atoms with Gasteiger partial charge in [-0.2, -0.15) is 0 Å². The van der Waals surface area contributed by atoms with Crippen molar-refractivity contribution in [2.45, 2.75) is 6.04 Å². The van der Waals surface area contributed by atoms with Gasteiger partial charge in [0.2, 0.25) is 5.96 Å². The van der Waals surface area contributed by atoms with Gasteiger partial charge in [-0.3, -0.25) is 4.57 Å². The number of nitrogens with one attached hydrogen (secondary N) is 1. The van der Waals surface area contributed by atoms with Gasteiger partial charge in [-0.05, 0) is 92.8 Å². The number of aromatic nitrogens is 2. The molecule has 0 amide bonds. The minimum Gasteiger partial charge on any atom is -0.344 e. The Morgan fingerprint density at radius 1 is 0.393 bits per heavy atom. The molecule has 0 radical (unpaired) electrons. The third-order valence-corrected chi connectivity index (χ3v) is 11.7. The first-order valence-electron chi connectivity index (χ1n) is 19.2. The molecule has 0 aliphatic carbocycles. The summed E-state index contributed by atoms with van der Waals surface area (Å²) in [7, 11) is 0. The van der Waals surface area contributed by atoms with Crippen LogP contribution < -0.4 is 5.32 Å². The second-order valence-corrected chi connectivity index (χ2v) is 14.9. The molecule has 0 saturated heterocycles. The van der Waals surface area contributed by atoms with Crippen molar-refractivity contribution in [1.29, 1.82) is 0 Å². The third kappa shape index (κ3) is 4.69. The number of aliphatic imine (C=N–C) groups is 1. The summed E-state index contributed by atoms with van der Waals surface area (Å²) in [5, 5.41) is 13.7. The maximum absolute atomic E-state index is 5.38. The van der Waals surface area contributed by atoms with Gasteiger partial charge in [-0.25, -0.2) is 4.99 Å². The van der Waals surface area contributed by atoms with Gasteiger partial charge >= 0.3 is 0 Å². The first-order chi connectivity index (χ1) is 27.7. The molecule has 3 heterocycles. The van der Waals surface area contributed by atoms with Crippen molar-refractivity contribution in [2.24, 2.45) is 4.99 Å². The normalized spacial score (nSPS) is 14.1. The molecule has 9 aromatic carbocycles. The lowest BCUT2D eigenvalue weighted by Crippen LogP contribution is -2.36. The van der Waals surface area contributed by atoms with Gasteiger partial charge in [-0.15, -0.1) is 0 Å². The van der Waals surface area contributed by atoms with Gasteiger partial charge in [0, 0.05) is 32.8 Å². The lowest BCUT2D eigenvalue weighted by molar-refractivity contribution is 0.732. The largest absolute Gasteiger partial charge is 0.344 e. The zero-order valence-electron chi connectivity index (χ0n) is 30.4. The summed E-state index contributed by atoms with van der Waals surface area (Å²) in [6.07, 6.45) is 0. The van der Waals surface area contributed by atoms with Crippen LogP contribution in [0.15, 0.2) is 199 Å². The van der Waals surface area contributed by atoms with Crippen molar-refractivity contribution in [2.75, 3.05) is 0 Å². The monoisotopic (exact) mass is 714 g/mol. The fourth-order valence-electron chi connectivity index (χ4n) is 9.07. The average Bonchev–Trinajstić information content (AvgIpc) is 3.76. The van der Waals surface area contributed by atoms with E-state index in [0.717, 1.165) is 33.9 Å². The highest BCUT2D eigenvalue weighted by atomic mass is 15.2. The van der Waals surface area contributed by atoms with Crippen LogP contribution >= 0.6 is 0 Å². The molecule has 11 aromatic rings. The van der Waals surface area contributed by atoms with E-state index in [1.807, 2.05) is 0 Å². The topological polar surface area (TPSA) is 34.2 Å². The van der Waals surface area contributed by atoms with Crippen LogP contribution in [0.25, 0.3) is 82.0 Å². The first kappa shape index (κ1) is 31.0. The number of nitrogens with zero attached hydrogens (tertiary/aromatic N) is 3. The zero-order chi connectivity index (χ0) is 36.7. The molecule has 0 fully saturated rings. The highest BCUT2D eigenvalue weighted by molar-refractivity contribution is 6.18. The van der Waals surface area contributed by atoms with E-state index in [-0.39, 0.29) is 6.04 Å². The van der Waals surface area contributed by atoms with Crippen LogP contribution in [-0.4, -0.2) is 15.1 Å². The number of hydrogen-bond acceptors (Lipinski definition) is 2. The maximum atomic E-state index is 5.38. The number of benzene rings is 9. The fraction of sp³-hybridized carbons (Fsp3) is 0.0192. The molecule has 4 nitrogen and oxygen atoms in total. The third-order valence-electron chi connectivity index (χ3n) is 11.7. The molecule has 2 aromatic heterocycles. The number of fused-ring (bicyclic) bond motifs is 9. The zero-order valence-corrected chi connectivity index (χ0v) is 30.4. The average molecular weight is 715 g/mol. The molecule has 12 rings (SSSR count). The first-order valence-corrected chi connectivity index (χ1v) is 19.2. The van der Waals surface area contributed by atoms with E-state index < -0.39 is 0 Å². The van der Waals surface area contributed by atoms with E-state index in [2.05, 4.69) is 209 Å². The quantitative estimate of drug-likeness (QED) is 0.194. The van der Waals surface area contributed by atoms with E-state index in [0.29, 0.717) is 0 Å². The van der Waals surface area contributed by atoms with Crippen LogP contribution in [0.1, 0.15) is 17.2 Å². The van der Waals surface area contributed by atoms with Crippen LogP contribution in [0.2, 0.25) is 0 Å². The minimum absolute atomic E-state index is 0.0817. The summed E-state index contributed by atoms with van der Waals surface area (Å²) in [5.74, 6) is 0.814. The Bertz CT molecular complexity index is 3400. The van der Waals surface area contributed by atoms with Gasteiger partial charge in [0.1, 0.15) is 0 Å². The molecule has 1 N–H and O–H groups in total. The number of para-hydroxylation sites is 3. The van der Waals surface area contributed by atoms with E-state index in [1.165, 1.54) is 70.8 Å². The SMILES string of the molecule is c1ccc(-n2c3ccccc3c3ccc(-c4ccc5c6cc7ccccc7cc6n(C6=Nc7ccccc7C(c7ccc8ccccc8c7)N6)c5c4)cc32)cc1. The second-order valence-electron chi connectivity index (χ2n) is 14.9. The predicted octanol–water partition coefficient (Wildman–Crippen LogP) is 13.1. The molecular formula is C52H34N4. The van der Waals surface area contributed by atoms with Crippen molar-refractivity contribution < 1.29 is 0 Å². The lowest BCUT2D eigenvalue weighted by atomic mass is 9.94. The van der Waals surface area contributed by atoms with Crippen molar-refractivity contribution in [3.05, 3.63) is 205 Å².